The van der Waals surface area contributed by atoms with Crippen LogP contribution in [-0.2, 0) is 0 Å². The fourth-order valence-electron chi connectivity index (χ4n) is 2.88. The average molecular weight is 226 g/mol. The van der Waals surface area contributed by atoms with Crippen molar-refractivity contribution in [2.45, 2.75) is 71.0 Å². The Labute approximate surface area is 101 Å². The second-order valence-electron chi connectivity index (χ2n) is 5.44. The van der Waals surface area contributed by atoms with Crippen molar-refractivity contribution in [3.05, 3.63) is 0 Å². The fourth-order valence-corrected chi connectivity index (χ4v) is 2.88. The van der Waals surface area contributed by atoms with E-state index in [0.29, 0.717) is 6.32 Å². The first-order valence-electron chi connectivity index (χ1n) is 7.08. The third-order valence-electron chi connectivity index (χ3n) is 4.02. The monoisotopic (exact) mass is 226 g/mol. The van der Waals surface area contributed by atoms with Gasteiger partial charge in [-0.2, -0.15) is 0 Å². The van der Waals surface area contributed by atoms with Crippen molar-refractivity contribution >= 4 is 7.12 Å². The molecule has 0 bridgehead atoms. The van der Waals surface area contributed by atoms with E-state index in [9.17, 15) is 0 Å². The number of rotatable bonds is 7. The van der Waals surface area contributed by atoms with Gasteiger partial charge in [0.25, 0.3) is 0 Å². The van der Waals surface area contributed by atoms with Gasteiger partial charge in [0.05, 0.1) is 0 Å². The third-order valence-corrected chi connectivity index (χ3v) is 4.02. The Morgan fingerprint density at radius 3 is 2.00 bits per heavy atom. The van der Waals surface area contributed by atoms with Gasteiger partial charge in [-0.05, 0) is 18.2 Å². The Kier molecular flexibility index (Phi) is 7.14. The maximum atomic E-state index is 8.83. The first kappa shape index (κ1) is 14.0. The van der Waals surface area contributed by atoms with Crippen molar-refractivity contribution in [1.82, 2.24) is 0 Å². The van der Waals surface area contributed by atoms with Crippen molar-refractivity contribution < 1.29 is 10.0 Å². The molecule has 16 heavy (non-hydrogen) atoms. The summed E-state index contributed by atoms with van der Waals surface area (Å²) in [5.41, 5.74) is 0. The molecular weight excluding hydrogens is 199 g/mol. The summed E-state index contributed by atoms with van der Waals surface area (Å²) < 4.78 is 0. The summed E-state index contributed by atoms with van der Waals surface area (Å²) in [5, 5.41) is 17.7. The normalized spacial score (nSPS) is 25.7. The lowest BCUT2D eigenvalue weighted by molar-refractivity contribution is 0.250. The molecule has 1 saturated carbocycles. The van der Waals surface area contributed by atoms with Gasteiger partial charge in [0.1, 0.15) is 0 Å². The molecule has 2 N–H and O–H groups in total. The minimum Gasteiger partial charge on any atom is -0.427 e. The highest BCUT2D eigenvalue weighted by molar-refractivity contribution is 6.40. The van der Waals surface area contributed by atoms with E-state index in [2.05, 4.69) is 6.92 Å². The molecule has 1 rings (SSSR count). The molecule has 0 aromatic heterocycles. The maximum absolute atomic E-state index is 8.83. The zero-order valence-corrected chi connectivity index (χ0v) is 10.7. The summed E-state index contributed by atoms with van der Waals surface area (Å²) in [6, 6.07) is 0. The Morgan fingerprint density at radius 1 is 0.938 bits per heavy atom. The van der Waals surface area contributed by atoms with E-state index in [1.165, 1.54) is 51.4 Å². The van der Waals surface area contributed by atoms with Gasteiger partial charge in [-0.15, -0.1) is 0 Å². The van der Waals surface area contributed by atoms with Crippen LogP contribution in [0.3, 0.4) is 0 Å². The maximum Gasteiger partial charge on any atom is 0.451 e. The molecule has 0 radical (unpaired) electrons. The highest BCUT2D eigenvalue weighted by Gasteiger charge is 2.21. The van der Waals surface area contributed by atoms with Crippen LogP contribution >= 0.6 is 0 Å². The van der Waals surface area contributed by atoms with Gasteiger partial charge < -0.3 is 10.0 Å². The number of hydrogen-bond acceptors (Lipinski definition) is 2. The molecule has 0 atom stereocenters. The number of hydrogen-bond donors (Lipinski definition) is 2. The van der Waals surface area contributed by atoms with E-state index in [1.807, 2.05) is 0 Å². The van der Waals surface area contributed by atoms with E-state index in [4.69, 9.17) is 10.0 Å². The van der Waals surface area contributed by atoms with Crippen LogP contribution in [0.4, 0.5) is 0 Å². The second kappa shape index (κ2) is 8.13. The van der Waals surface area contributed by atoms with Crippen LogP contribution < -0.4 is 0 Å². The van der Waals surface area contributed by atoms with Crippen LogP contribution in [0.15, 0.2) is 0 Å². The fraction of sp³-hybridized carbons (Fsp3) is 1.00. The van der Waals surface area contributed by atoms with Crippen LogP contribution in [0.25, 0.3) is 0 Å². The van der Waals surface area contributed by atoms with E-state index >= 15 is 0 Å². The lowest BCUT2D eigenvalue weighted by Gasteiger charge is -2.28. The van der Waals surface area contributed by atoms with Gasteiger partial charge >= 0.3 is 7.12 Å². The SMILES string of the molecule is CCCCCC1CCC(CCB(O)O)CC1. The molecule has 0 saturated heterocycles. The van der Waals surface area contributed by atoms with E-state index in [0.717, 1.165) is 18.3 Å². The van der Waals surface area contributed by atoms with E-state index < -0.39 is 7.12 Å². The van der Waals surface area contributed by atoms with Gasteiger partial charge in [0.15, 0.2) is 0 Å². The summed E-state index contributed by atoms with van der Waals surface area (Å²) in [6.07, 6.45) is 12.5. The standard InChI is InChI=1S/C13H27BO2/c1-2-3-4-5-12-6-8-13(9-7-12)10-11-14(15)16/h12-13,15-16H,2-11H2,1H3. The lowest BCUT2D eigenvalue weighted by atomic mass is 9.73. The minimum atomic E-state index is -1.10. The zero-order chi connectivity index (χ0) is 11.8. The molecule has 0 spiro atoms. The summed E-state index contributed by atoms with van der Waals surface area (Å²) in [7, 11) is -1.10. The minimum absolute atomic E-state index is 0.561. The van der Waals surface area contributed by atoms with Crippen LogP contribution in [-0.4, -0.2) is 17.2 Å². The first-order chi connectivity index (χ1) is 7.72. The molecule has 0 aromatic carbocycles. The molecule has 3 heteroatoms. The van der Waals surface area contributed by atoms with Crippen molar-refractivity contribution in [3.8, 4) is 0 Å². The Balaban J connectivity index is 2.04. The van der Waals surface area contributed by atoms with Gasteiger partial charge in [-0.25, -0.2) is 0 Å². The predicted molar refractivity (Wildman–Crippen MR) is 69.2 cm³/mol. The van der Waals surface area contributed by atoms with E-state index in [-0.39, 0.29) is 0 Å². The third kappa shape index (κ3) is 5.90. The smallest absolute Gasteiger partial charge is 0.427 e. The Morgan fingerprint density at radius 2 is 1.50 bits per heavy atom. The van der Waals surface area contributed by atoms with Crippen LogP contribution in [0.2, 0.25) is 6.32 Å². The van der Waals surface area contributed by atoms with Crippen molar-refractivity contribution in [2.75, 3.05) is 0 Å². The summed E-state index contributed by atoms with van der Waals surface area (Å²) in [5.74, 6) is 1.71. The van der Waals surface area contributed by atoms with E-state index in [1.54, 1.807) is 0 Å². The van der Waals surface area contributed by atoms with Gasteiger partial charge in [0, 0.05) is 0 Å². The summed E-state index contributed by atoms with van der Waals surface area (Å²) in [4.78, 5) is 0. The highest BCUT2D eigenvalue weighted by atomic mass is 16.4. The molecule has 0 unspecified atom stereocenters. The molecule has 1 fully saturated rings. The zero-order valence-electron chi connectivity index (χ0n) is 10.7. The first-order valence-corrected chi connectivity index (χ1v) is 7.08. The number of unbranched alkanes of at least 4 members (excludes halogenated alkanes) is 2. The molecule has 0 amide bonds. The Bertz CT molecular complexity index is 165. The highest BCUT2D eigenvalue weighted by Crippen LogP contribution is 2.34. The largest absolute Gasteiger partial charge is 0.451 e. The summed E-state index contributed by atoms with van der Waals surface area (Å²) in [6.45, 7) is 2.26. The van der Waals surface area contributed by atoms with Gasteiger partial charge in [-0.3, -0.25) is 0 Å². The average Bonchev–Trinajstić information content (AvgIpc) is 2.28. The lowest BCUT2D eigenvalue weighted by Crippen LogP contribution is -2.18. The molecule has 0 heterocycles. The van der Waals surface area contributed by atoms with Gasteiger partial charge in [-0.1, -0.05) is 64.7 Å². The van der Waals surface area contributed by atoms with Gasteiger partial charge in [0.2, 0.25) is 0 Å². The molecule has 0 aromatic rings. The summed E-state index contributed by atoms with van der Waals surface area (Å²) >= 11 is 0. The topological polar surface area (TPSA) is 40.5 Å². The Hall–Kier alpha value is -0.0151. The van der Waals surface area contributed by atoms with Crippen LogP contribution in [0.1, 0.15) is 64.7 Å². The molecule has 0 aliphatic heterocycles. The predicted octanol–water partition coefficient (Wildman–Crippen LogP) is 3.24. The molecular formula is C13H27BO2. The molecule has 2 nitrogen and oxygen atoms in total. The van der Waals surface area contributed by atoms with Crippen LogP contribution in [0.5, 0.6) is 0 Å². The van der Waals surface area contributed by atoms with Crippen molar-refractivity contribution in [2.24, 2.45) is 11.8 Å². The quantitative estimate of drug-likeness (QED) is 0.516. The van der Waals surface area contributed by atoms with Crippen LogP contribution in [0, 0.1) is 11.8 Å². The second-order valence-corrected chi connectivity index (χ2v) is 5.44. The molecule has 1 aliphatic carbocycles. The molecule has 1 aliphatic rings. The van der Waals surface area contributed by atoms with Crippen molar-refractivity contribution in [3.63, 3.8) is 0 Å². The molecule has 94 valence electrons. The van der Waals surface area contributed by atoms with Crippen molar-refractivity contribution in [1.29, 1.82) is 0 Å².